The summed E-state index contributed by atoms with van der Waals surface area (Å²) in [7, 11) is 4.74. The highest BCUT2D eigenvalue weighted by molar-refractivity contribution is 5.92. The smallest absolute Gasteiger partial charge is 0.287 e. The molecule has 170 valence electrons. The van der Waals surface area contributed by atoms with E-state index in [4.69, 9.17) is 18.6 Å². The maximum atomic E-state index is 12.0. The molecule has 0 unspecified atom stereocenters. The molecule has 2 rings (SSSR count). The van der Waals surface area contributed by atoms with Gasteiger partial charge in [-0.2, -0.15) is 0 Å². The number of guanidine groups is 1. The van der Waals surface area contributed by atoms with E-state index in [-0.39, 0.29) is 5.91 Å². The molecule has 31 heavy (non-hydrogen) atoms. The summed E-state index contributed by atoms with van der Waals surface area (Å²) in [6.45, 7) is 6.18. The molecular formula is C22H32N4O5. The van der Waals surface area contributed by atoms with Gasteiger partial charge in [0, 0.05) is 25.2 Å². The molecule has 1 aromatic carbocycles. The second-order valence-corrected chi connectivity index (χ2v) is 6.70. The molecule has 1 amide bonds. The molecule has 0 saturated heterocycles. The van der Waals surface area contributed by atoms with Gasteiger partial charge in [0.1, 0.15) is 0 Å². The van der Waals surface area contributed by atoms with Crippen LogP contribution < -0.4 is 30.2 Å². The predicted molar refractivity (Wildman–Crippen MR) is 119 cm³/mol. The van der Waals surface area contributed by atoms with Crippen LogP contribution in [0.3, 0.4) is 0 Å². The van der Waals surface area contributed by atoms with Gasteiger partial charge < -0.3 is 34.6 Å². The molecule has 0 aliphatic rings. The molecule has 0 spiro atoms. The van der Waals surface area contributed by atoms with Crippen molar-refractivity contribution >= 4 is 11.9 Å². The quantitative estimate of drug-likeness (QED) is 0.285. The van der Waals surface area contributed by atoms with Crippen molar-refractivity contribution in [3.05, 3.63) is 41.3 Å². The Hall–Kier alpha value is -3.36. The van der Waals surface area contributed by atoms with Gasteiger partial charge in [0.05, 0.1) is 34.1 Å². The van der Waals surface area contributed by atoms with Crippen LogP contribution in [-0.2, 0) is 6.54 Å². The monoisotopic (exact) mass is 432 g/mol. The largest absolute Gasteiger partial charge is 0.493 e. The first-order chi connectivity index (χ1) is 15.0. The van der Waals surface area contributed by atoms with Crippen molar-refractivity contribution in [2.75, 3.05) is 41.0 Å². The van der Waals surface area contributed by atoms with E-state index < -0.39 is 0 Å². The Balaban J connectivity index is 1.89. The number of carbonyl (C=O) groups is 1. The number of hydrogen-bond donors (Lipinski definition) is 3. The number of amides is 1. The molecule has 9 nitrogen and oxygen atoms in total. The molecule has 0 atom stereocenters. The van der Waals surface area contributed by atoms with Crippen LogP contribution in [0.25, 0.3) is 0 Å². The van der Waals surface area contributed by atoms with E-state index >= 15 is 0 Å². The summed E-state index contributed by atoms with van der Waals surface area (Å²) in [5.41, 5.74) is 1.75. The molecule has 2 aromatic rings. The minimum Gasteiger partial charge on any atom is -0.493 e. The highest BCUT2D eigenvalue weighted by atomic mass is 16.5. The van der Waals surface area contributed by atoms with Gasteiger partial charge in [-0.05, 0) is 44.0 Å². The molecule has 0 aliphatic carbocycles. The molecule has 9 heteroatoms. The number of nitrogens with zero attached hydrogens (tertiary/aromatic N) is 1. The lowest BCUT2D eigenvalue weighted by Gasteiger charge is -2.14. The predicted octanol–water partition coefficient (Wildman–Crippen LogP) is 2.49. The topological polar surface area (TPSA) is 106 Å². The molecule has 0 fully saturated rings. The molecule has 0 aliphatic heterocycles. The molecule has 0 bridgehead atoms. The number of aliphatic imine (C=N–C) groups is 1. The number of carbonyl (C=O) groups excluding carboxylic acids is 1. The van der Waals surface area contributed by atoms with E-state index in [0.29, 0.717) is 48.6 Å². The van der Waals surface area contributed by atoms with Gasteiger partial charge in [-0.1, -0.05) is 0 Å². The third-order valence-corrected chi connectivity index (χ3v) is 4.49. The maximum absolute atomic E-state index is 12.0. The zero-order valence-electron chi connectivity index (χ0n) is 18.8. The first-order valence-electron chi connectivity index (χ1n) is 10.2. The van der Waals surface area contributed by atoms with Gasteiger partial charge in [0.2, 0.25) is 5.75 Å². The van der Waals surface area contributed by atoms with Crippen LogP contribution in [0.1, 0.15) is 35.0 Å². The van der Waals surface area contributed by atoms with Gasteiger partial charge in [-0.3, -0.25) is 4.79 Å². The Morgan fingerprint density at radius 2 is 1.71 bits per heavy atom. The second kappa shape index (κ2) is 12.4. The van der Waals surface area contributed by atoms with E-state index in [1.165, 1.54) is 6.26 Å². The standard InChI is InChI=1S/C22H32N4O5/c1-6-23-22(25-10-7-9-24-21(27)19-15(2)8-11-31-19)26-14-16-12-17(28-3)20(30-5)18(13-16)29-4/h8,11-13H,6-7,9-10,14H2,1-5H3,(H,24,27)(H2,23,25,26). The summed E-state index contributed by atoms with van der Waals surface area (Å²) in [5, 5.41) is 9.33. The van der Waals surface area contributed by atoms with Crippen LogP contribution in [0.4, 0.5) is 0 Å². The number of methoxy groups -OCH3 is 3. The van der Waals surface area contributed by atoms with Gasteiger partial charge in [-0.15, -0.1) is 0 Å². The minimum absolute atomic E-state index is 0.203. The van der Waals surface area contributed by atoms with Crippen molar-refractivity contribution in [2.45, 2.75) is 26.8 Å². The fourth-order valence-corrected chi connectivity index (χ4v) is 2.92. The average Bonchev–Trinajstić information content (AvgIpc) is 3.21. The Kier molecular flexibility index (Phi) is 9.54. The summed E-state index contributed by atoms with van der Waals surface area (Å²) in [6.07, 6.45) is 2.25. The Bertz CT molecular complexity index is 854. The highest BCUT2D eigenvalue weighted by Crippen LogP contribution is 2.38. The lowest BCUT2D eigenvalue weighted by Crippen LogP contribution is -2.38. The molecule has 0 radical (unpaired) electrons. The molecule has 1 heterocycles. The zero-order chi connectivity index (χ0) is 22.6. The summed E-state index contributed by atoms with van der Waals surface area (Å²) < 4.78 is 21.3. The number of hydrogen-bond acceptors (Lipinski definition) is 6. The SMILES string of the molecule is CCNC(=NCc1cc(OC)c(OC)c(OC)c1)NCCCNC(=O)c1occc1C. The Labute approximate surface area is 183 Å². The number of nitrogens with one attached hydrogen (secondary N) is 3. The van der Waals surface area contributed by atoms with Crippen molar-refractivity contribution in [3.8, 4) is 17.2 Å². The molecular weight excluding hydrogens is 400 g/mol. The summed E-state index contributed by atoms with van der Waals surface area (Å²) in [5.74, 6) is 2.57. The minimum atomic E-state index is -0.203. The molecule has 0 saturated carbocycles. The third-order valence-electron chi connectivity index (χ3n) is 4.49. The number of benzene rings is 1. The molecule has 3 N–H and O–H groups in total. The van der Waals surface area contributed by atoms with Crippen LogP contribution in [-0.4, -0.2) is 52.8 Å². The van der Waals surface area contributed by atoms with Crippen molar-refractivity contribution in [1.29, 1.82) is 0 Å². The zero-order valence-corrected chi connectivity index (χ0v) is 18.8. The van der Waals surface area contributed by atoms with Crippen molar-refractivity contribution < 1.29 is 23.4 Å². The lowest BCUT2D eigenvalue weighted by atomic mass is 10.2. The average molecular weight is 433 g/mol. The number of rotatable bonds is 11. The molecule has 1 aromatic heterocycles. The second-order valence-electron chi connectivity index (χ2n) is 6.70. The summed E-state index contributed by atoms with van der Waals surface area (Å²) >= 11 is 0. The normalized spacial score (nSPS) is 11.1. The first-order valence-corrected chi connectivity index (χ1v) is 10.2. The van der Waals surface area contributed by atoms with E-state index in [1.807, 2.05) is 26.0 Å². The first kappa shape index (κ1) is 23.9. The van der Waals surface area contributed by atoms with Crippen LogP contribution in [0.2, 0.25) is 0 Å². The number of ether oxygens (including phenoxy) is 3. The van der Waals surface area contributed by atoms with Crippen molar-refractivity contribution in [3.63, 3.8) is 0 Å². The fourth-order valence-electron chi connectivity index (χ4n) is 2.92. The Morgan fingerprint density at radius 1 is 1.03 bits per heavy atom. The van der Waals surface area contributed by atoms with Gasteiger partial charge >= 0.3 is 0 Å². The van der Waals surface area contributed by atoms with Crippen LogP contribution in [0.15, 0.2) is 33.9 Å². The van der Waals surface area contributed by atoms with E-state index in [0.717, 1.165) is 24.1 Å². The van der Waals surface area contributed by atoms with E-state index in [1.54, 1.807) is 27.4 Å². The lowest BCUT2D eigenvalue weighted by molar-refractivity contribution is 0.0925. The summed E-state index contributed by atoms with van der Waals surface area (Å²) in [4.78, 5) is 16.7. The van der Waals surface area contributed by atoms with Crippen molar-refractivity contribution in [2.24, 2.45) is 4.99 Å². The van der Waals surface area contributed by atoms with Gasteiger partial charge in [-0.25, -0.2) is 4.99 Å². The van der Waals surface area contributed by atoms with E-state index in [2.05, 4.69) is 20.9 Å². The Morgan fingerprint density at radius 3 is 2.26 bits per heavy atom. The van der Waals surface area contributed by atoms with Crippen LogP contribution in [0, 0.1) is 6.92 Å². The van der Waals surface area contributed by atoms with E-state index in [9.17, 15) is 4.79 Å². The highest BCUT2D eigenvalue weighted by Gasteiger charge is 2.13. The van der Waals surface area contributed by atoms with Crippen LogP contribution in [0.5, 0.6) is 17.2 Å². The van der Waals surface area contributed by atoms with Gasteiger partial charge in [0.25, 0.3) is 5.91 Å². The number of furan rings is 1. The fraction of sp³-hybridized carbons (Fsp3) is 0.455. The maximum Gasteiger partial charge on any atom is 0.287 e. The van der Waals surface area contributed by atoms with Gasteiger partial charge in [0.15, 0.2) is 23.2 Å². The summed E-state index contributed by atoms with van der Waals surface area (Å²) in [6, 6.07) is 5.52. The van der Waals surface area contributed by atoms with Crippen molar-refractivity contribution in [1.82, 2.24) is 16.0 Å². The van der Waals surface area contributed by atoms with Crippen LogP contribution >= 0.6 is 0 Å². The third kappa shape index (κ3) is 6.84. The number of aryl methyl sites for hydroxylation is 1.